The number of nitrogens with one attached hydrogen (secondary N) is 2. The molecule has 0 aromatic heterocycles. The fourth-order valence-corrected chi connectivity index (χ4v) is 1.86. The molecular formula is C9H22N2O3S. The van der Waals surface area contributed by atoms with Gasteiger partial charge in [-0.15, -0.1) is 0 Å². The van der Waals surface area contributed by atoms with E-state index < -0.39 is 15.8 Å². The van der Waals surface area contributed by atoms with Gasteiger partial charge in [-0.1, -0.05) is 20.8 Å². The van der Waals surface area contributed by atoms with E-state index in [0.29, 0.717) is 13.0 Å². The lowest BCUT2D eigenvalue weighted by Crippen LogP contribution is -2.45. The minimum atomic E-state index is -3.48. The van der Waals surface area contributed by atoms with Crippen LogP contribution in [-0.4, -0.2) is 32.2 Å². The standard InChI is InChI=1S/C9H22N2O3S/c1-5-9(4,12)7-11-15(13,14)10-6-8(2)3/h8,10-12H,5-7H2,1-4H3. The predicted octanol–water partition coefficient (Wildman–Crippen LogP) is 0.227. The summed E-state index contributed by atoms with van der Waals surface area (Å²) in [5.41, 5.74) is -0.993. The molecule has 0 radical (unpaired) electrons. The molecule has 3 N–H and O–H groups in total. The first-order chi connectivity index (χ1) is 6.68. The average molecular weight is 238 g/mol. The Morgan fingerprint density at radius 2 is 1.87 bits per heavy atom. The minimum Gasteiger partial charge on any atom is -0.389 e. The molecule has 0 amide bonds. The second-order valence-corrected chi connectivity index (χ2v) is 6.00. The van der Waals surface area contributed by atoms with Gasteiger partial charge in [-0.2, -0.15) is 13.1 Å². The van der Waals surface area contributed by atoms with Gasteiger partial charge in [0, 0.05) is 13.1 Å². The lowest BCUT2D eigenvalue weighted by Gasteiger charge is -2.21. The van der Waals surface area contributed by atoms with Crippen LogP contribution in [0.5, 0.6) is 0 Å². The van der Waals surface area contributed by atoms with Crippen LogP contribution in [0.4, 0.5) is 0 Å². The van der Waals surface area contributed by atoms with Crippen molar-refractivity contribution in [2.75, 3.05) is 13.1 Å². The summed E-state index contributed by atoms with van der Waals surface area (Å²) in [6, 6.07) is 0. The quantitative estimate of drug-likeness (QED) is 0.594. The monoisotopic (exact) mass is 238 g/mol. The van der Waals surface area contributed by atoms with Gasteiger partial charge in [-0.25, -0.2) is 4.72 Å². The van der Waals surface area contributed by atoms with E-state index >= 15 is 0 Å². The Morgan fingerprint density at radius 1 is 1.33 bits per heavy atom. The highest BCUT2D eigenvalue weighted by Crippen LogP contribution is 2.06. The van der Waals surface area contributed by atoms with Crippen molar-refractivity contribution < 1.29 is 13.5 Å². The van der Waals surface area contributed by atoms with Gasteiger partial charge < -0.3 is 5.11 Å². The first kappa shape index (κ1) is 14.8. The fraction of sp³-hybridized carbons (Fsp3) is 1.00. The highest BCUT2D eigenvalue weighted by atomic mass is 32.2. The minimum absolute atomic E-state index is 0.0247. The van der Waals surface area contributed by atoms with E-state index in [1.807, 2.05) is 13.8 Å². The van der Waals surface area contributed by atoms with E-state index in [-0.39, 0.29) is 12.5 Å². The number of hydrogen-bond donors (Lipinski definition) is 3. The van der Waals surface area contributed by atoms with E-state index in [1.165, 1.54) is 0 Å². The van der Waals surface area contributed by atoms with Gasteiger partial charge in [0.05, 0.1) is 5.60 Å². The molecule has 0 saturated heterocycles. The van der Waals surface area contributed by atoms with Crippen LogP contribution in [0.15, 0.2) is 0 Å². The molecule has 0 spiro atoms. The van der Waals surface area contributed by atoms with Gasteiger partial charge in [0.15, 0.2) is 0 Å². The Labute approximate surface area is 92.4 Å². The largest absolute Gasteiger partial charge is 0.389 e. The lowest BCUT2D eigenvalue weighted by molar-refractivity contribution is 0.0612. The summed E-state index contributed by atoms with van der Waals surface area (Å²) < 4.78 is 27.5. The molecule has 0 aromatic carbocycles. The van der Waals surface area contributed by atoms with Crippen molar-refractivity contribution in [3.63, 3.8) is 0 Å². The average Bonchev–Trinajstić information content (AvgIpc) is 2.13. The SMILES string of the molecule is CCC(C)(O)CNS(=O)(=O)NCC(C)C. The van der Waals surface area contributed by atoms with Crippen LogP contribution in [0, 0.1) is 5.92 Å². The summed E-state index contributed by atoms with van der Waals surface area (Å²) in [4.78, 5) is 0. The van der Waals surface area contributed by atoms with Crippen molar-refractivity contribution >= 4 is 10.2 Å². The molecule has 0 saturated carbocycles. The molecule has 6 heteroatoms. The molecule has 0 rings (SSSR count). The van der Waals surface area contributed by atoms with Crippen LogP contribution in [0.1, 0.15) is 34.1 Å². The van der Waals surface area contributed by atoms with Gasteiger partial charge in [0.25, 0.3) is 10.2 Å². The first-order valence-electron chi connectivity index (χ1n) is 5.15. The third-order valence-corrected chi connectivity index (χ3v) is 3.16. The third kappa shape index (κ3) is 7.72. The first-order valence-corrected chi connectivity index (χ1v) is 6.63. The molecule has 0 aliphatic heterocycles. The molecule has 0 bridgehead atoms. The highest BCUT2D eigenvalue weighted by Gasteiger charge is 2.20. The maximum absolute atomic E-state index is 11.4. The molecule has 1 unspecified atom stereocenters. The summed E-state index contributed by atoms with van der Waals surface area (Å²) in [5, 5.41) is 9.61. The number of hydrogen-bond acceptors (Lipinski definition) is 3. The van der Waals surface area contributed by atoms with Crippen molar-refractivity contribution in [2.24, 2.45) is 5.92 Å². The number of rotatable bonds is 7. The van der Waals surface area contributed by atoms with Crippen LogP contribution in [0.25, 0.3) is 0 Å². The Bertz CT molecular complexity index is 273. The Hall–Kier alpha value is -0.170. The van der Waals surface area contributed by atoms with E-state index in [9.17, 15) is 13.5 Å². The molecule has 0 aliphatic rings. The smallest absolute Gasteiger partial charge is 0.277 e. The Kier molecular flexibility index (Phi) is 5.72. The van der Waals surface area contributed by atoms with E-state index in [0.717, 1.165) is 0 Å². The Balaban J connectivity index is 4.05. The number of aliphatic hydroxyl groups is 1. The molecular weight excluding hydrogens is 216 g/mol. The van der Waals surface area contributed by atoms with Crippen LogP contribution >= 0.6 is 0 Å². The molecule has 92 valence electrons. The van der Waals surface area contributed by atoms with E-state index in [1.54, 1.807) is 13.8 Å². The summed E-state index contributed by atoms with van der Waals surface area (Å²) in [7, 11) is -3.48. The normalized spacial score (nSPS) is 16.7. The van der Waals surface area contributed by atoms with Crippen LogP contribution in [0.2, 0.25) is 0 Å². The second kappa shape index (κ2) is 5.79. The maximum Gasteiger partial charge on any atom is 0.277 e. The lowest BCUT2D eigenvalue weighted by atomic mass is 10.1. The summed E-state index contributed by atoms with van der Waals surface area (Å²) in [6.07, 6.45) is 0.500. The van der Waals surface area contributed by atoms with Crippen molar-refractivity contribution in [1.82, 2.24) is 9.44 Å². The van der Waals surface area contributed by atoms with Crippen LogP contribution < -0.4 is 9.44 Å². The fourth-order valence-electron chi connectivity index (χ4n) is 0.703. The Morgan fingerprint density at radius 3 is 2.27 bits per heavy atom. The topological polar surface area (TPSA) is 78.4 Å². The zero-order chi connectivity index (χ0) is 12.1. The van der Waals surface area contributed by atoms with Gasteiger partial charge in [0.2, 0.25) is 0 Å². The molecule has 0 fully saturated rings. The molecule has 0 aliphatic carbocycles. The van der Waals surface area contributed by atoms with Gasteiger partial charge >= 0.3 is 0 Å². The third-order valence-electron chi connectivity index (χ3n) is 2.09. The van der Waals surface area contributed by atoms with Crippen molar-refractivity contribution in [3.05, 3.63) is 0 Å². The van der Waals surface area contributed by atoms with Crippen LogP contribution in [-0.2, 0) is 10.2 Å². The molecule has 5 nitrogen and oxygen atoms in total. The summed E-state index contributed by atoms with van der Waals surface area (Å²) in [5.74, 6) is 0.258. The zero-order valence-electron chi connectivity index (χ0n) is 9.87. The van der Waals surface area contributed by atoms with Gasteiger partial charge in [-0.05, 0) is 19.3 Å². The van der Waals surface area contributed by atoms with Crippen molar-refractivity contribution in [3.8, 4) is 0 Å². The second-order valence-electron chi connectivity index (χ2n) is 4.42. The van der Waals surface area contributed by atoms with Crippen molar-refractivity contribution in [2.45, 2.75) is 39.7 Å². The molecule has 0 heterocycles. The summed E-state index contributed by atoms with van der Waals surface area (Å²) in [6.45, 7) is 7.66. The molecule has 1 atom stereocenters. The predicted molar refractivity (Wildman–Crippen MR) is 60.7 cm³/mol. The van der Waals surface area contributed by atoms with Gasteiger partial charge in [0.1, 0.15) is 0 Å². The zero-order valence-corrected chi connectivity index (χ0v) is 10.7. The molecule has 15 heavy (non-hydrogen) atoms. The van der Waals surface area contributed by atoms with E-state index in [2.05, 4.69) is 9.44 Å². The van der Waals surface area contributed by atoms with E-state index in [4.69, 9.17) is 0 Å². The maximum atomic E-state index is 11.4. The molecule has 0 aromatic rings. The van der Waals surface area contributed by atoms with Crippen molar-refractivity contribution in [1.29, 1.82) is 0 Å². The highest BCUT2D eigenvalue weighted by molar-refractivity contribution is 7.87. The summed E-state index contributed by atoms with van der Waals surface area (Å²) >= 11 is 0. The van der Waals surface area contributed by atoms with Gasteiger partial charge in [-0.3, -0.25) is 0 Å². The van der Waals surface area contributed by atoms with Crippen LogP contribution in [0.3, 0.4) is 0 Å².